The number of nitrogens with zero attached hydrogens (tertiary/aromatic N) is 4. The lowest BCUT2D eigenvalue weighted by Gasteiger charge is -2.21. The lowest BCUT2D eigenvalue weighted by molar-refractivity contribution is 0.474. The summed E-state index contributed by atoms with van der Waals surface area (Å²) in [7, 11) is 3.91. The Kier molecular flexibility index (Phi) is 7.74. The fourth-order valence-corrected chi connectivity index (χ4v) is 2.89. The van der Waals surface area contributed by atoms with Crippen LogP contribution in [0.15, 0.2) is 47.7 Å². The zero-order valence-electron chi connectivity index (χ0n) is 15.1. The van der Waals surface area contributed by atoms with E-state index in [2.05, 4.69) is 45.7 Å². The van der Waals surface area contributed by atoms with Crippen molar-refractivity contribution in [2.24, 2.45) is 10.9 Å². The predicted molar refractivity (Wildman–Crippen MR) is 114 cm³/mol. The smallest absolute Gasteiger partial charge is 0.193 e. The van der Waals surface area contributed by atoms with Crippen molar-refractivity contribution >= 4 is 29.9 Å². The van der Waals surface area contributed by atoms with Gasteiger partial charge in [-0.25, -0.2) is 4.68 Å². The molecule has 1 aromatic heterocycles. The van der Waals surface area contributed by atoms with E-state index in [0.717, 1.165) is 30.7 Å². The van der Waals surface area contributed by atoms with E-state index >= 15 is 0 Å². The number of para-hydroxylation sites is 1. The van der Waals surface area contributed by atoms with E-state index in [4.69, 9.17) is 0 Å². The molecule has 1 aliphatic rings. The second-order valence-corrected chi connectivity index (χ2v) is 6.54. The summed E-state index contributed by atoms with van der Waals surface area (Å²) in [6, 6.07) is 10.2. The molecule has 1 aromatic carbocycles. The first kappa shape index (κ1) is 19.8. The minimum Gasteiger partial charge on any atom is -0.356 e. The van der Waals surface area contributed by atoms with E-state index < -0.39 is 0 Å². The Balaban J connectivity index is 0.00000225. The normalized spacial score (nSPS) is 14.1. The van der Waals surface area contributed by atoms with Gasteiger partial charge in [0.2, 0.25) is 0 Å². The fourth-order valence-electron chi connectivity index (χ4n) is 2.89. The van der Waals surface area contributed by atoms with Gasteiger partial charge in [0.05, 0.1) is 11.9 Å². The zero-order valence-corrected chi connectivity index (χ0v) is 17.4. The summed E-state index contributed by atoms with van der Waals surface area (Å²) in [5.41, 5.74) is 2.25. The second kappa shape index (κ2) is 9.79. The molecule has 0 radical (unpaired) electrons. The van der Waals surface area contributed by atoms with E-state index in [-0.39, 0.29) is 24.0 Å². The number of halogens is 1. The van der Waals surface area contributed by atoms with E-state index in [1.54, 1.807) is 0 Å². The van der Waals surface area contributed by atoms with Crippen molar-refractivity contribution in [3.63, 3.8) is 0 Å². The molecule has 1 saturated carbocycles. The summed E-state index contributed by atoms with van der Waals surface area (Å²) in [6.07, 6.45) is 9.43. The molecule has 1 N–H and O–H groups in total. The molecule has 1 heterocycles. The molecule has 136 valence electrons. The molecule has 0 unspecified atom stereocenters. The highest BCUT2D eigenvalue weighted by Gasteiger charge is 2.20. The fraction of sp³-hybridized carbons (Fsp3) is 0.474. The Labute approximate surface area is 167 Å². The van der Waals surface area contributed by atoms with Gasteiger partial charge in [-0.2, -0.15) is 5.10 Å². The minimum absolute atomic E-state index is 0. The average Bonchev–Trinajstić information content (AvgIpc) is 3.32. The van der Waals surface area contributed by atoms with Crippen LogP contribution in [-0.4, -0.2) is 41.3 Å². The Morgan fingerprint density at radius 2 is 2.08 bits per heavy atom. The molecular formula is C19H28IN5. The topological polar surface area (TPSA) is 45.5 Å². The molecule has 2 aromatic rings. The number of aliphatic imine (C=N–C) groups is 1. The van der Waals surface area contributed by atoms with Crippen molar-refractivity contribution in [3.8, 4) is 5.69 Å². The second-order valence-electron chi connectivity index (χ2n) is 6.54. The first-order valence-corrected chi connectivity index (χ1v) is 8.77. The third kappa shape index (κ3) is 6.02. The molecule has 5 nitrogen and oxygen atoms in total. The molecule has 0 saturated heterocycles. The third-order valence-corrected chi connectivity index (χ3v) is 4.42. The molecule has 0 amide bonds. The Hall–Kier alpha value is -1.57. The predicted octanol–water partition coefficient (Wildman–Crippen LogP) is 3.69. The summed E-state index contributed by atoms with van der Waals surface area (Å²) >= 11 is 0. The molecule has 6 heteroatoms. The van der Waals surface area contributed by atoms with E-state index in [1.165, 1.54) is 31.2 Å². The maximum atomic E-state index is 4.46. The van der Waals surface area contributed by atoms with Crippen LogP contribution in [0.2, 0.25) is 0 Å². The van der Waals surface area contributed by atoms with Crippen LogP contribution in [0.4, 0.5) is 0 Å². The zero-order chi connectivity index (χ0) is 16.8. The van der Waals surface area contributed by atoms with Crippen LogP contribution < -0.4 is 5.32 Å². The highest BCUT2D eigenvalue weighted by atomic mass is 127. The van der Waals surface area contributed by atoms with Crippen molar-refractivity contribution in [3.05, 3.63) is 48.3 Å². The van der Waals surface area contributed by atoms with Crippen LogP contribution in [0.5, 0.6) is 0 Å². The number of nitrogens with one attached hydrogen (secondary N) is 1. The minimum atomic E-state index is 0. The molecule has 1 aliphatic carbocycles. The summed E-state index contributed by atoms with van der Waals surface area (Å²) in [4.78, 5) is 6.53. The molecule has 1 fully saturated rings. The highest BCUT2D eigenvalue weighted by molar-refractivity contribution is 14.0. The number of guanidine groups is 1. The quantitative estimate of drug-likeness (QED) is 0.301. The van der Waals surface area contributed by atoms with Gasteiger partial charge in [-0.3, -0.25) is 4.99 Å². The van der Waals surface area contributed by atoms with Crippen LogP contribution in [0.3, 0.4) is 0 Å². The van der Waals surface area contributed by atoms with E-state index in [1.807, 2.05) is 36.1 Å². The SMILES string of the molecule is CN=C(NCCCC1CC1)N(C)Cc1cnn(-c2ccccc2)c1.I. The third-order valence-electron chi connectivity index (χ3n) is 4.42. The summed E-state index contributed by atoms with van der Waals surface area (Å²) in [5, 5.41) is 7.92. The van der Waals surface area contributed by atoms with Gasteiger partial charge in [0, 0.05) is 38.9 Å². The van der Waals surface area contributed by atoms with Crippen molar-refractivity contribution in [1.29, 1.82) is 0 Å². The van der Waals surface area contributed by atoms with Crippen LogP contribution >= 0.6 is 24.0 Å². The molecule has 0 bridgehead atoms. The van der Waals surface area contributed by atoms with Crippen molar-refractivity contribution in [2.75, 3.05) is 20.6 Å². The summed E-state index contributed by atoms with van der Waals surface area (Å²) < 4.78 is 1.91. The number of aromatic nitrogens is 2. The number of rotatable bonds is 7. The van der Waals surface area contributed by atoms with Gasteiger partial charge < -0.3 is 10.2 Å². The van der Waals surface area contributed by atoms with Gasteiger partial charge in [0.15, 0.2) is 5.96 Å². The summed E-state index contributed by atoms with van der Waals surface area (Å²) in [5.74, 6) is 1.94. The van der Waals surface area contributed by atoms with Crippen molar-refractivity contribution < 1.29 is 0 Å². The number of benzene rings is 1. The number of hydrogen-bond donors (Lipinski definition) is 1. The largest absolute Gasteiger partial charge is 0.356 e. The van der Waals surface area contributed by atoms with E-state index in [0.29, 0.717) is 0 Å². The maximum Gasteiger partial charge on any atom is 0.193 e. The molecular weight excluding hydrogens is 425 g/mol. The Morgan fingerprint density at radius 3 is 2.76 bits per heavy atom. The maximum absolute atomic E-state index is 4.46. The van der Waals surface area contributed by atoms with Crippen molar-refractivity contribution in [2.45, 2.75) is 32.2 Å². The Morgan fingerprint density at radius 1 is 1.32 bits per heavy atom. The monoisotopic (exact) mass is 453 g/mol. The first-order valence-electron chi connectivity index (χ1n) is 8.77. The van der Waals surface area contributed by atoms with Gasteiger partial charge in [-0.1, -0.05) is 31.0 Å². The van der Waals surface area contributed by atoms with Gasteiger partial charge >= 0.3 is 0 Å². The summed E-state index contributed by atoms with van der Waals surface area (Å²) in [6.45, 7) is 1.78. The van der Waals surface area contributed by atoms with Crippen molar-refractivity contribution in [1.82, 2.24) is 20.0 Å². The van der Waals surface area contributed by atoms with Crippen LogP contribution in [0, 0.1) is 5.92 Å². The van der Waals surface area contributed by atoms with Gasteiger partial charge in [-0.05, 0) is 30.9 Å². The molecule has 0 atom stereocenters. The lowest BCUT2D eigenvalue weighted by Crippen LogP contribution is -2.38. The highest BCUT2D eigenvalue weighted by Crippen LogP contribution is 2.33. The first-order chi connectivity index (χ1) is 11.8. The van der Waals surface area contributed by atoms with Gasteiger partial charge in [-0.15, -0.1) is 24.0 Å². The van der Waals surface area contributed by atoms with Gasteiger partial charge in [0.1, 0.15) is 0 Å². The lowest BCUT2D eigenvalue weighted by atomic mass is 10.2. The van der Waals surface area contributed by atoms with Crippen LogP contribution in [0.1, 0.15) is 31.2 Å². The Bertz CT molecular complexity index is 663. The molecule has 0 spiro atoms. The van der Waals surface area contributed by atoms with E-state index in [9.17, 15) is 0 Å². The molecule has 0 aliphatic heterocycles. The van der Waals surface area contributed by atoms with Crippen LogP contribution in [0.25, 0.3) is 5.69 Å². The standard InChI is InChI=1S/C19H27N5.HI/c1-20-19(21-12-6-7-16-10-11-16)23(2)14-17-13-22-24(15-17)18-8-4-3-5-9-18;/h3-5,8-9,13,15-16H,6-7,10-12,14H2,1-2H3,(H,20,21);1H. The number of hydrogen-bond acceptors (Lipinski definition) is 2. The van der Waals surface area contributed by atoms with Crippen LogP contribution in [-0.2, 0) is 6.54 Å². The molecule has 3 rings (SSSR count). The molecule has 25 heavy (non-hydrogen) atoms. The average molecular weight is 453 g/mol. The van der Waals surface area contributed by atoms with Gasteiger partial charge in [0.25, 0.3) is 0 Å².